The van der Waals surface area contributed by atoms with Gasteiger partial charge in [-0.15, -0.1) is 11.3 Å². The molecular weight excluding hydrogens is 320 g/mol. The van der Waals surface area contributed by atoms with Crippen LogP contribution in [0.4, 0.5) is 5.13 Å². The number of amides is 1. The summed E-state index contributed by atoms with van der Waals surface area (Å²) < 4.78 is 0. The summed E-state index contributed by atoms with van der Waals surface area (Å²) in [7, 11) is 0. The Morgan fingerprint density at radius 1 is 1.36 bits per heavy atom. The van der Waals surface area contributed by atoms with E-state index in [9.17, 15) is 4.79 Å². The number of aromatic nitrogens is 1. The van der Waals surface area contributed by atoms with Crippen molar-refractivity contribution in [2.45, 2.75) is 12.8 Å². The van der Waals surface area contributed by atoms with Gasteiger partial charge in [0.1, 0.15) is 0 Å². The third kappa shape index (κ3) is 3.84. The second-order valence-corrected chi connectivity index (χ2v) is 6.45. The Hall–Kier alpha value is -1.92. The van der Waals surface area contributed by atoms with Crippen molar-refractivity contribution in [1.29, 1.82) is 0 Å². The van der Waals surface area contributed by atoms with Crippen LogP contribution in [0, 0.1) is 0 Å². The Bertz CT molecular complexity index is 696. The highest BCUT2D eigenvalue weighted by Crippen LogP contribution is 2.22. The quantitative estimate of drug-likeness (QED) is 0.903. The molecule has 0 bridgehead atoms. The van der Waals surface area contributed by atoms with Crippen LogP contribution in [0.3, 0.4) is 0 Å². The van der Waals surface area contributed by atoms with E-state index in [1.54, 1.807) is 6.20 Å². The van der Waals surface area contributed by atoms with Crippen LogP contribution in [0.25, 0.3) is 0 Å². The molecule has 3 rings (SSSR count). The van der Waals surface area contributed by atoms with E-state index >= 15 is 0 Å². The van der Waals surface area contributed by atoms with Crippen molar-refractivity contribution < 1.29 is 4.79 Å². The molecule has 1 amide bonds. The monoisotopic (exact) mass is 334 g/mol. The number of nitrogens with one attached hydrogen (secondary N) is 2. The first kappa shape index (κ1) is 15.0. The maximum Gasteiger partial charge on any atom is 0.292 e. The number of rotatable bonds is 4. The molecule has 1 aromatic heterocycles. The Morgan fingerprint density at radius 3 is 2.91 bits per heavy atom. The number of carbonyl (C=O) groups excluding carboxylic acids is 1. The first-order valence-corrected chi connectivity index (χ1v) is 8.19. The standard InChI is InChI=1S/C15H15ClN4OS/c16-11-4-2-10(3-5-11)8-12-9-19-15(22-12)20-14(21)13-17-6-1-7-18-13/h2-5,9H,1,6-8H2,(H,17,18)(H,19,20,21). The highest BCUT2D eigenvalue weighted by molar-refractivity contribution is 7.15. The Balaban J connectivity index is 1.62. The number of aliphatic imine (C=N–C) groups is 1. The van der Waals surface area contributed by atoms with Gasteiger partial charge in [-0.2, -0.15) is 0 Å². The average molecular weight is 335 g/mol. The van der Waals surface area contributed by atoms with Gasteiger partial charge in [-0.3, -0.25) is 15.1 Å². The van der Waals surface area contributed by atoms with E-state index in [4.69, 9.17) is 11.6 Å². The van der Waals surface area contributed by atoms with Crippen LogP contribution < -0.4 is 10.6 Å². The van der Waals surface area contributed by atoms with E-state index in [0.717, 1.165) is 34.8 Å². The second-order valence-electron chi connectivity index (χ2n) is 4.90. The molecule has 0 saturated carbocycles. The predicted molar refractivity (Wildman–Crippen MR) is 89.9 cm³/mol. The summed E-state index contributed by atoms with van der Waals surface area (Å²) in [5.74, 6) is 0.160. The van der Waals surface area contributed by atoms with Crippen LogP contribution in [-0.4, -0.2) is 29.8 Å². The summed E-state index contributed by atoms with van der Waals surface area (Å²) in [6.07, 6.45) is 3.51. The van der Waals surface area contributed by atoms with Crippen LogP contribution in [0.5, 0.6) is 0 Å². The lowest BCUT2D eigenvalue weighted by atomic mass is 10.1. The minimum Gasteiger partial charge on any atom is -0.366 e. The number of carbonyl (C=O) groups is 1. The number of hydrogen-bond acceptors (Lipinski definition) is 5. The molecule has 22 heavy (non-hydrogen) atoms. The van der Waals surface area contributed by atoms with E-state index in [1.807, 2.05) is 24.3 Å². The third-order valence-corrected chi connectivity index (χ3v) is 4.34. The molecule has 0 saturated heterocycles. The maximum absolute atomic E-state index is 12.0. The molecule has 0 spiro atoms. The van der Waals surface area contributed by atoms with E-state index < -0.39 is 0 Å². The van der Waals surface area contributed by atoms with Gasteiger partial charge in [-0.25, -0.2) is 4.98 Å². The number of nitrogens with zero attached hydrogens (tertiary/aromatic N) is 2. The van der Waals surface area contributed by atoms with Crippen molar-refractivity contribution in [2.24, 2.45) is 4.99 Å². The lowest BCUT2D eigenvalue weighted by molar-refractivity contribution is -0.110. The number of anilines is 1. The zero-order valence-corrected chi connectivity index (χ0v) is 13.4. The number of benzene rings is 1. The molecule has 0 fully saturated rings. The van der Waals surface area contributed by atoms with Crippen LogP contribution in [0.15, 0.2) is 35.5 Å². The van der Waals surface area contributed by atoms with Crippen molar-refractivity contribution in [1.82, 2.24) is 10.3 Å². The summed E-state index contributed by atoms with van der Waals surface area (Å²) in [4.78, 5) is 21.5. The van der Waals surface area contributed by atoms with Gasteiger partial charge in [0.05, 0.1) is 0 Å². The fraction of sp³-hybridized carbons (Fsp3) is 0.267. The SMILES string of the molecule is O=C(Nc1ncc(Cc2ccc(Cl)cc2)s1)C1=NCCCN1. The molecule has 1 aliphatic rings. The highest BCUT2D eigenvalue weighted by atomic mass is 35.5. The number of thiazole rings is 1. The lowest BCUT2D eigenvalue weighted by Crippen LogP contribution is -2.39. The second kappa shape index (κ2) is 6.89. The molecular formula is C15H15ClN4OS. The fourth-order valence-electron chi connectivity index (χ4n) is 2.09. The Kier molecular flexibility index (Phi) is 4.70. The van der Waals surface area contributed by atoms with Gasteiger partial charge in [-0.05, 0) is 24.1 Å². The largest absolute Gasteiger partial charge is 0.366 e. The molecule has 114 valence electrons. The molecule has 7 heteroatoms. The molecule has 2 N–H and O–H groups in total. The summed E-state index contributed by atoms with van der Waals surface area (Å²) in [6.45, 7) is 1.47. The van der Waals surface area contributed by atoms with Gasteiger partial charge in [0, 0.05) is 35.6 Å². The molecule has 2 heterocycles. The van der Waals surface area contributed by atoms with Crippen LogP contribution >= 0.6 is 22.9 Å². The minimum atomic E-state index is -0.230. The summed E-state index contributed by atoms with van der Waals surface area (Å²) in [6, 6.07) is 7.71. The summed E-state index contributed by atoms with van der Waals surface area (Å²) in [5.41, 5.74) is 1.16. The van der Waals surface area contributed by atoms with Gasteiger partial charge in [-0.1, -0.05) is 23.7 Å². The zero-order chi connectivity index (χ0) is 15.4. The lowest BCUT2D eigenvalue weighted by Gasteiger charge is -2.12. The molecule has 0 unspecified atom stereocenters. The molecule has 1 aromatic carbocycles. The topological polar surface area (TPSA) is 66.4 Å². The number of hydrogen-bond donors (Lipinski definition) is 2. The van der Waals surface area contributed by atoms with Crippen molar-refractivity contribution in [3.63, 3.8) is 0 Å². The van der Waals surface area contributed by atoms with E-state index in [-0.39, 0.29) is 5.91 Å². The van der Waals surface area contributed by atoms with E-state index in [1.165, 1.54) is 11.3 Å². The molecule has 0 aliphatic carbocycles. The first-order chi connectivity index (χ1) is 10.7. The van der Waals surface area contributed by atoms with Crippen LogP contribution in [-0.2, 0) is 11.2 Å². The van der Waals surface area contributed by atoms with Gasteiger partial charge < -0.3 is 5.32 Å². The van der Waals surface area contributed by atoms with E-state index in [0.29, 0.717) is 17.5 Å². The third-order valence-electron chi connectivity index (χ3n) is 3.18. The zero-order valence-electron chi connectivity index (χ0n) is 11.8. The molecule has 1 aliphatic heterocycles. The number of amidine groups is 1. The van der Waals surface area contributed by atoms with Crippen molar-refractivity contribution in [3.8, 4) is 0 Å². The Labute approximate surface area is 137 Å². The minimum absolute atomic E-state index is 0.230. The fourth-order valence-corrected chi connectivity index (χ4v) is 3.06. The predicted octanol–water partition coefficient (Wildman–Crippen LogP) is 2.72. The van der Waals surface area contributed by atoms with Gasteiger partial charge in [0.25, 0.3) is 5.91 Å². The average Bonchev–Trinajstić information content (AvgIpc) is 2.97. The smallest absolute Gasteiger partial charge is 0.292 e. The molecule has 0 radical (unpaired) electrons. The molecule has 5 nitrogen and oxygen atoms in total. The van der Waals surface area contributed by atoms with Crippen LogP contribution in [0.2, 0.25) is 5.02 Å². The van der Waals surface area contributed by atoms with Crippen molar-refractivity contribution in [3.05, 3.63) is 45.9 Å². The maximum atomic E-state index is 12.0. The highest BCUT2D eigenvalue weighted by Gasteiger charge is 2.15. The van der Waals surface area contributed by atoms with Gasteiger partial charge >= 0.3 is 0 Å². The molecule has 0 atom stereocenters. The first-order valence-electron chi connectivity index (χ1n) is 6.99. The summed E-state index contributed by atoms with van der Waals surface area (Å²) in [5, 5.41) is 7.09. The van der Waals surface area contributed by atoms with Gasteiger partial charge in [0.2, 0.25) is 0 Å². The molecule has 2 aromatic rings. The van der Waals surface area contributed by atoms with Crippen molar-refractivity contribution >= 4 is 39.8 Å². The number of halogens is 1. The summed E-state index contributed by atoms with van der Waals surface area (Å²) >= 11 is 7.34. The Morgan fingerprint density at radius 2 is 2.18 bits per heavy atom. The van der Waals surface area contributed by atoms with Crippen molar-refractivity contribution in [2.75, 3.05) is 18.4 Å². The normalized spacial score (nSPS) is 14.1. The van der Waals surface area contributed by atoms with E-state index in [2.05, 4.69) is 20.6 Å². The van der Waals surface area contributed by atoms with Crippen LogP contribution in [0.1, 0.15) is 16.9 Å². The van der Waals surface area contributed by atoms with Gasteiger partial charge in [0.15, 0.2) is 11.0 Å².